The highest BCUT2D eigenvalue weighted by Crippen LogP contribution is 2.26. The predicted octanol–water partition coefficient (Wildman–Crippen LogP) is 2.18. The van der Waals surface area contributed by atoms with Gasteiger partial charge in [0.15, 0.2) is 5.82 Å². The van der Waals surface area contributed by atoms with Crippen molar-refractivity contribution in [2.75, 3.05) is 11.9 Å². The molecule has 2 heterocycles. The molecule has 2 aromatic rings. The molecule has 0 bridgehead atoms. The molecule has 2 rings (SSSR count). The summed E-state index contributed by atoms with van der Waals surface area (Å²) in [7, 11) is 1.97. The lowest BCUT2D eigenvalue weighted by Crippen LogP contribution is -2.33. The number of hydrogen-bond acceptors (Lipinski definition) is 4. The smallest absolute Gasteiger partial charge is 0.154 e. The van der Waals surface area contributed by atoms with Crippen LogP contribution in [0.4, 0.5) is 5.82 Å². The summed E-state index contributed by atoms with van der Waals surface area (Å²) in [5.41, 5.74) is 7.50. The Hall–Kier alpha value is -2.11. The Kier molecular flexibility index (Phi) is 3.89. The molecule has 0 saturated carbocycles. The van der Waals surface area contributed by atoms with E-state index in [0.29, 0.717) is 6.42 Å². The molecule has 0 aliphatic carbocycles. The molecule has 1 unspecified atom stereocenters. The summed E-state index contributed by atoms with van der Waals surface area (Å²) in [6.07, 6.45) is 4.12. The SMILES string of the molecule is CC(CC(=N)N)N(C)c1nccn2nc(C(C)(C)C)cc12. The van der Waals surface area contributed by atoms with Crippen molar-refractivity contribution in [3.63, 3.8) is 0 Å². The maximum atomic E-state index is 7.44. The molecule has 0 amide bonds. The molecule has 6 nitrogen and oxygen atoms in total. The first-order chi connectivity index (χ1) is 9.70. The molecule has 0 aliphatic rings. The first-order valence-electron chi connectivity index (χ1n) is 7.10. The number of anilines is 1. The summed E-state index contributed by atoms with van der Waals surface area (Å²) in [5.74, 6) is 1.04. The molecule has 2 aromatic heterocycles. The van der Waals surface area contributed by atoms with Crippen LogP contribution in [0.1, 0.15) is 39.8 Å². The highest BCUT2D eigenvalue weighted by molar-refractivity contribution is 5.78. The van der Waals surface area contributed by atoms with E-state index in [1.54, 1.807) is 6.20 Å². The summed E-state index contributed by atoms with van der Waals surface area (Å²) < 4.78 is 1.86. The topological polar surface area (TPSA) is 83.3 Å². The van der Waals surface area contributed by atoms with Crippen LogP contribution in [-0.2, 0) is 5.41 Å². The number of hydrogen-bond donors (Lipinski definition) is 2. The number of rotatable bonds is 4. The van der Waals surface area contributed by atoms with Gasteiger partial charge in [-0.3, -0.25) is 5.41 Å². The molecule has 1 atom stereocenters. The number of fused-ring (bicyclic) bond motifs is 1. The standard InChI is InChI=1S/C15H24N6/c1-10(8-13(16)17)20(5)14-11-9-12(15(2,3)4)19-21(11)7-6-18-14/h6-7,9-10H,8H2,1-5H3,(H3,16,17). The van der Waals surface area contributed by atoms with Crippen molar-refractivity contribution in [3.8, 4) is 0 Å². The Labute approximate surface area is 125 Å². The molecule has 0 spiro atoms. The lowest BCUT2D eigenvalue weighted by Gasteiger charge is -2.25. The lowest BCUT2D eigenvalue weighted by atomic mass is 9.92. The predicted molar refractivity (Wildman–Crippen MR) is 86.1 cm³/mol. The molecule has 114 valence electrons. The van der Waals surface area contributed by atoms with Crippen LogP contribution >= 0.6 is 0 Å². The van der Waals surface area contributed by atoms with E-state index in [0.717, 1.165) is 17.0 Å². The van der Waals surface area contributed by atoms with Crippen molar-refractivity contribution < 1.29 is 0 Å². The van der Waals surface area contributed by atoms with Crippen LogP contribution in [-0.4, -0.2) is 33.5 Å². The Balaban J connectivity index is 2.44. The van der Waals surface area contributed by atoms with Crippen LogP contribution in [0.5, 0.6) is 0 Å². The average Bonchev–Trinajstić information content (AvgIpc) is 2.80. The number of nitrogens with zero attached hydrogens (tertiary/aromatic N) is 4. The molecule has 0 fully saturated rings. The van der Waals surface area contributed by atoms with Crippen LogP contribution in [0.2, 0.25) is 0 Å². The third-order valence-electron chi connectivity index (χ3n) is 3.65. The molecular formula is C15H24N6. The zero-order valence-electron chi connectivity index (χ0n) is 13.4. The van der Waals surface area contributed by atoms with Gasteiger partial charge >= 0.3 is 0 Å². The molecule has 0 radical (unpaired) electrons. The van der Waals surface area contributed by atoms with Gasteiger partial charge in [0.05, 0.1) is 11.5 Å². The van der Waals surface area contributed by atoms with Gasteiger partial charge in [0, 0.05) is 37.3 Å². The van der Waals surface area contributed by atoms with Crippen molar-refractivity contribution in [2.45, 2.75) is 45.6 Å². The summed E-state index contributed by atoms with van der Waals surface area (Å²) in [5, 5.41) is 12.1. The van der Waals surface area contributed by atoms with Crippen molar-refractivity contribution in [1.29, 1.82) is 5.41 Å². The second-order valence-electron chi connectivity index (χ2n) is 6.55. The Morgan fingerprint density at radius 1 is 1.48 bits per heavy atom. The minimum Gasteiger partial charge on any atom is -0.388 e. The zero-order valence-corrected chi connectivity index (χ0v) is 13.4. The van der Waals surface area contributed by atoms with Crippen molar-refractivity contribution in [3.05, 3.63) is 24.2 Å². The van der Waals surface area contributed by atoms with E-state index < -0.39 is 0 Å². The van der Waals surface area contributed by atoms with Gasteiger partial charge in [0.1, 0.15) is 5.52 Å². The second-order valence-corrected chi connectivity index (χ2v) is 6.55. The van der Waals surface area contributed by atoms with Crippen molar-refractivity contribution in [1.82, 2.24) is 14.6 Å². The molecule has 3 N–H and O–H groups in total. The average molecular weight is 288 g/mol. The number of aromatic nitrogens is 3. The molecular weight excluding hydrogens is 264 g/mol. The molecule has 0 aliphatic heterocycles. The van der Waals surface area contributed by atoms with Gasteiger partial charge in [-0.15, -0.1) is 0 Å². The van der Waals surface area contributed by atoms with E-state index in [4.69, 9.17) is 11.1 Å². The van der Waals surface area contributed by atoms with E-state index in [1.807, 2.05) is 29.6 Å². The maximum absolute atomic E-state index is 7.44. The van der Waals surface area contributed by atoms with Gasteiger partial charge in [-0.25, -0.2) is 9.50 Å². The minimum atomic E-state index is -0.00708. The van der Waals surface area contributed by atoms with Gasteiger partial charge < -0.3 is 10.6 Å². The first-order valence-corrected chi connectivity index (χ1v) is 7.10. The molecule has 0 saturated heterocycles. The molecule has 21 heavy (non-hydrogen) atoms. The number of nitrogens with two attached hydrogens (primary N) is 1. The molecule has 0 aromatic carbocycles. The molecule has 6 heteroatoms. The third kappa shape index (κ3) is 3.15. The quantitative estimate of drug-likeness (QED) is 0.667. The summed E-state index contributed by atoms with van der Waals surface area (Å²) in [6.45, 7) is 8.46. The highest BCUT2D eigenvalue weighted by Gasteiger charge is 2.21. The van der Waals surface area contributed by atoms with Crippen LogP contribution in [0, 0.1) is 5.41 Å². The maximum Gasteiger partial charge on any atom is 0.154 e. The second kappa shape index (κ2) is 5.35. The van der Waals surface area contributed by atoms with Crippen molar-refractivity contribution in [2.24, 2.45) is 5.73 Å². The van der Waals surface area contributed by atoms with Gasteiger partial charge in [-0.2, -0.15) is 5.10 Å². The first kappa shape index (κ1) is 15.3. The summed E-state index contributed by atoms with van der Waals surface area (Å²) >= 11 is 0. The minimum absolute atomic E-state index is 0.00708. The zero-order chi connectivity index (χ0) is 15.8. The van der Waals surface area contributed by atoms with E-state index in [9.17, 15) is 0 Å². The van der Waals surface area contributed by atoms with E-state index in [1.165, 1.54) is 0 Å². The fraction of sp³-hybridized carbons (Fsp3) is 0.533. The summed E-state index contributed by atoms with van der Waals surface area (Å²) in [6, 6.07) is 2.19. The monoisotopic (exact) mass is 288 g/mol. The van der Waals surface area contributed by atoms with E-state index in [2.05, 4.69) is 36.9 Å². The Morgan fingerprint density at radius 2 is 2.14 bits per heavy atom. The van der Waals surface area contributed by atoms with Crippen LogP contribution in [0.15, 0.2) is 18.5 Å². The summed E-state index contributed by atoms with van der Waals surface area (Å²) in [4.78, 5) is 6.53. The van der Waals surface area contributed by atoms with Crippen LogP contribution in [0.25, 0.3) is 5.52 Å². The Morgan fingerprint density at radius 3 is 2.71 bits per heavy atom. The Bertz CT molecular complexity index is 652. The fourth-order valence-corrected chi connectivity index (χ4v) is 2.21. The van der Waals surface area contributed by atoms with Gasteiger partial charge in [-0.05, 0) is 13.0 Å². The normalized spacial score (nSPS) is 13.4. The van der Waals surface area contributed by atoms with Crippen LogP contribution in [0.3, 0.4) is 0 Å². The van der Waals surface area contributed by atoms with E-state index in [-0.39, 0.29) is 17.3 Å². The van der Waals surface area contributed by atoms with Crippen molar-refractivity contribution >= 4 is 17.2 Å². The van der Waals surface area contributed by atoms with Gasteiger partial charge in [-0.1, -0.05) is 20.8 Å². The fourth-order valence-electron chi connectivity index (χ4n) is 2.21. The lowest BCUT2D eigenvalue weighted by molar-refractivity contribution is 0.562. The van der Waals surface area contributed by atoms with Gasteiger partial charge in [0.25, 0.3) is 0 Å². The third-order valence-corrected chi connectivity index (χ3v) is 3.65. The largest absolute Gasteiger partial charge is 0.388 e. The van der Waals surface area contributed by atoms with Crippen LogP contribution < -0.4 is 10.6 Å². The highest BCUT2D eigenvalue weighted by atomic mass is 15.3. The van der Waals surface area contributed by atoms with E-state index >= 15 is 0 Å². The number of nitrogens with one attached hydrogen (secondary N) is 1. The number of amidine groups is 1. The van der Waals surface area contributed by atoms with Gasteiger partial charge in [0.2, 0.25) is 0 Å².